The number of benzene rings is 2. The van der Waals surface area contributed by atoms with Crippen LogP contribution in [0.25, 0.3) is 16.3 Å². The molecule has 2 heterocycles. The summed E-state index contributed by atoms with van der Waals surface area (Å²) in [5.74, 6) is 1.26. The van der Waals surface area contributed by atoms with Crippen molar-refractivity contribution in [2.45, 2.75) is 19.4 Å². The minimum absolute atomic E-state index is 0.174. The molecule has 0 unspecified atom stereocenters. The van der Waals surface area contributed by atoms with Crippen molar-refractivity contribution in [2.75, 3.05) is 6.79 Å². The zero-order valence-corrected chi connectivity index (χ0v) is 15.3. The Morgan fingerprint density at radius 1 is 1.19 bits per heavy atom. The number of carbonyl (C=O) groups excluding carboxylic acids is 1. The molecule has 2 aromatic carbocycles. The number of amides is 1. The largest absolute Gasteiger partial charge is 0.454 e. The lowest BCUT2D eigenvalue weighted by Gasteiger charge is -2.26. The molecule has 0 fully saturated rings. The van der Waals surface area contributed by atoms with Crippen molar-refractivity contribution in [1.82, 2.24) is 10.3 Å². The molecular weight excluding hydrogens is 348 g/mol. The molecule has 0 radical (unpaired) electrons. The molecule has 1 aliphatic rings. The molecule has 0 aliphatic carbocycles. The average molecular weight is 366 g/mol. The van der Waals surface area contributed by atoms with E-state index in [1.54, 1.807) is 17.4 Å². The van der Waals surface area contributed by atoms with E-state index >= 15 is 0 Å². The van der Waals surface area contributed by atoms with Crippen molar-refractivity contribution in [3.8, 4) is 11.5 Å². The van der Waals surface area contributed by atoms with Crippen LogP contribution in [0, 0.1) is 0 Å². The van der Waals surface area contributed by atoms with E-state index in [1.165, 1.54) is 6.08 Å². The summed E-state index contributed by atoms with van der Waals surface area (Å²) in [4.78, 5) is 16.9. The Labute approximate surface area is 155 Å². The van der Waals surface area contributed by atoms with Gasteiger partial charge < -0.3 is 14.8 Å². The molecule has 0 spiro atoms. The topological polar surface area (TPSA) is 60.5 Å². The lowest BCUT2D eigenvalue weighted by Crippen LogP contribution is -2.40. The van der Waals surface area contributed by atoms with Gasteiger partial charge in [0.25, 0.3) is 0 Å². The van der Waals surface area contributed by atoms with Crippen LogP contribution in [0.3, 0.4) is 0 Å². The molecule has 1 N–H and O–H groups in total. The summed E-state index contributed by atoms with van der Waals surface area (Å²) in [5, 5.41) is 3.83. The summed E-state index contributed by atoms with van der Waals surface area (Å²) in [6.07, 6.45) is 3.27. The Morgan fingerprint density at radius 2 is 2.00 bits per heavy atom. The lowest BCUT2D eigenvalue weighted by molar-refractivity contribution is -0.118. The van der Waals surface area contributed by atoms with Gasteiger partial charge in [-0.3, -0.25) is 4.79 Å². The Morgan fingerprint density at radius 3 is 2.85 bits per heavy atom. The number of carbonyl (C=O) groups is 1. The zero-order chi connectivity index (χ0) is 18.1. The maximum Gasteiger partial charge on any atom is 0.244 e. The van der Waals surface area contributed by atoms with E-state index in [1.807, 2.05) is 56.3 Å². The Kier molecular flexibility index (Phi) is 4.12. The number of nitrogens with zero attached hydrogens (tertiary/aromatic N) is 1. The average Bonchev–Trinajstić information content (AvgIpc) is 3.25. The van der Waals surface area contributed by atoms with Gasteiger partial charge in [-0.25, -0.2) is 4.98 Å². The molecule has 132 valence electrons. The van der Waals surface area contributed by atoms with E-state index in [4.69, 9.17) is 9.47 Å². The van der Waals surface area contributed by atoms with Crippen molar-refractivity contribution in [2.24, 2.45) is 0 Å². The molecule has 1 aromatic heterocycles. The third kappa shape index (κ3) is 3.28. The van der Waals surface area contributed by atoms with E-state index in [0.29, 0.717) is 5.75 Å². The summed E-state index contributed by atoms with van der Waals surface area (Å²) in [6.45, 7) is 4.14. The number of nitrogens with one attached hydrogen (secondary N) is 1. The van der Waals surface area contributed by atoms with E-state index in [0.717, 1.165) is 26.5 Å². The summed E-state index contributed by atoms with van der Waals surface area (Å²) in [6, 6.07) is 13.6. The van der Waals surface area contributed by atoms with E-state index in [-0.39, 0.29) is 12.7 Å². The molecule has 5 nitrogen and oxygen atoms in total. The second-order valence-corrected chi connectivity index (χ2v) is 7.60. The van der Waals surface area contributed by atoms with Crippen LogP contribution in [0.1, 0.15) is 24.4 Å². The van der Waals surface area contributed by atoms with Crippen LogP contribution in [0.15, 0.2) is 48.5 Å². The third-order valence-corrected chi connectivity index (χ3v) is 5.22. The van der Waals surface area contributed by atoms with Gasteiger partial charge in [0, 0.05) is 6.08 Å². The molecule has 1 aliphatic heterocycles. The number of hydrogen-bond donors (Lipinski definition) is 1. The lowest BCUT2D eigenvalue weighted by atomic mass is 9.94. The van der Waals surface area contributed by atoms with Crippen LogP contribution in [0.2, 0.25) is 0 Å². The third-order valence-electron chi connectivity index (χ3n) is 4.22. The zero-order valence-electron chi connectivity index (χ0n) is 14.5. The molecule has 26 heavy (non-hydrogen) atoms. The van der Waals surface area contributed by atoms with Crippen LogP contribution >= 0.6 is 11.3 Å². The van der Waals surface area contributed by atoms with E-state index < -0.39 is 5.54 Å². The van der Waals surface area contributed by atoms with Gasteiger partial charge in [0.05, 0.1) is 15.8 Å². The summed E-state index contributed by atoms with van der Waals surface area (Å²) in [5.41, 5.74) is 1.34. The summed E-state index contributed by atoms with van der Waals surface area (Å²) < 4.78 is 11.9. The fourth-order valence-electron chi connectivity index (χ4n) is 2.82. The van der Waals surface area contributed by atoms with Gasteiger partial charge in [0.15, 0.2) is 11.5 Å². The number of fused-ring (bicyclic) bond motifs is 2. The highest BCUT2D eigenvalue weighted by Gasteiger charge is 2.25. The number of ether oxygens (including phenoxy) is 2. The SMILES string of the molecule is CC(C)(NC(=O)/C=C/c1nc2ccccc2s1)c1ccc2c(c1)OCO2. The summed E-state index contributed by atoms with van der Waals surface area (Å²) >= 11 is 1.56. The second kappa shape index (κ2) is 6.46. The van der Waals surface area contributed by atoms with Crippen molar-refractivity contribution in [1.29, 1.82) is 0 Å². The predicted molar refractivity (Wildman–Crippen MR) is 102 cm³/mol. The van der Waals surface area contributed by atoms with Crippen LogP contribution in [0.4, 0.5) is 0 Å². The van der Waals surface area contributed by atoms with Gasteiger partial charge in [0.2, 0.25) is 12.7 Å². The smallest absolute Gasteiger partial charge is 0.244 e. The predicted octanol–water partition coefficient (Wildman–Crippen LogP) is 4.09. The molecule has 4 rings (SSSR count). The first kappa shape index (κ1) is 16.6. The first-order valence-corrected chi connectivity index (χ1v) is 9.09. The standard InChI is InChI=1S/C20H18N2O3S/c1-20(2,13-7-8-15-16(11-13)25-12-24-15)22-18(23)9-10-19-21-14-5-3-4-6-17(14)26-19/h3-11H,12H2,1-2H3,(H,22,23)/b10-9+. The highest BCUT2D eigenvalue weighted by Crippen LogP contribution is 2.35. The van der Waals surface area contributed by atoms with Crippen LogP contribution in [-0.2, 0) is 10.3 Å². The molecular formula is C20H18N2O3S. The molecule has 0 saturated carbocycles. The van der Waals surface area contributed by atoms with Crippen molar-refractivity contribution in [3.05, 3.63) is 59.1 Å². The van der Waals surface area contributed by atoms with Gasteiger partial charge in [-0.05, 0) is 49.8 Å². The molecule has 0 bridgehead atoms. The van der Waals surface area contributed by atoms with Gasteiger partial charge in [-0.1, -0.05) is 18.2 Å². The van der Waals surface area contributed by atoms with Crippen LogP contribution in [-0.4, -0.2) is 17.7 Å². The Balaban J connectivity index is 1.47. The van der Waals surface area contributed by atoms with Crippen molar-refractivity contribution < 1.29 is 14.3 Å². The second-order valence-electron chi connectivity index (χ2n) is 6.54. The van der Waals surface area contributed by atoms with Crippen molar-refractivity contribution in [3.63, 3.8) is 0 Å². The monoisotopic (exact) mass is 366 g/mol. The van der Waals surface area contributed by atoms with Gasteiger partial charge >= 0.3 is 0 Å². The number of hydrogen-bond acceptors (Lipinski definition) is 5. The van der Waals surface area contributed by atoms with Gasteiger partial charge in [0.1, 0.15) is 5.01 Å². The van der Waals surface area contributed by atoms with E-state index in [9.17, 15) is 4.79 Å². The fourth-order valence-corrected chi connectivity index (χ4v) is 3.69. The first-order chi connectivity index (χ1) is 12.5. The Hall–Kier alpha value is -2.86. The normalized spacial score (nSPS) is 13.5. The van der Waals surface area contributed by atoms with Gasteiger partial charge in [-0.15, -0.1) is 11.3 Å². The highest BCUT2D eigenvalue weighted by molar-refractivity contribution is 7.19. The highest BCUT2D eigenvalue weighted by atomic mass is 32.1. The molecule has 3 aromatic rings. The quantitative estimate of drug-likeness (QED) is 0.707. The fraction of sp³-hybridized carbons (Fsp3) is 0.200. The minimum atomic E-state index is -0.546. The number of thiazole rings is 1. The first-order valence-electron chi connectivity index (χ1n) is 8.27. The maximum absolute atomic E-state index is 12.4. The minimum Gasteiger partial charge on any atom is -0.454 e. The van der Waals surface area contributed by atoms with Crippen LogP contribution in [0.5, 0.6) is 11.5 Å². The van der Waals surface area contributed by atoms with Gasteiger partial charge in [-0.2, -0.15) is 0 Å². The van der Waals surface area contributed by atoms with Crippen LogP contribution < -0.4 is 14.8 Å². The molecule has 6 heteroatoms. The van der Waals surface area contributed by atoms with Crippen molar-refractivity contribution >= 4 is 33.5 Å². The maximum atomic E-state index is 12.4. The number of aromatic nitrogens is 1. The summed E-state index contributed by atoms with van der Waals surface area (Å²) in [7, 11) is 0. The molecule has 1 amide bonds. The Bertz CT molecular complexity index is 974. The number of rotatable bonds is 4. The number of para-hydroxylation sites is 1. The van der Waals surface area contributed by atoms with E-state index in [2.05, 4.69) is 10.3 Å². The molecule has 0 atom stereocenters. The molecule has 0 saturated heterocycles.